The maximum atomic E-state index is 9.89. The lowest BCUT2D eigenvalue weighted by atomic mass is 10.2. The molecule has 0 amide bonds. The number of aromatic nitrogens is 2. The molecular weight excluding hydrogens is 196 g/mol. The summed E-state index contributed by atoms with van der Waals surface area (Å²) in [6.45, 7) is 4.22. The van der Waals surface area contributed by atoms with Crippen molar-refractivity contribution in [2.45, 2.75) is 26.0 Å². The second-order valence-electron chi connectivity index (χ2n) is 3.61. The van der Waals surface area contributed by atoms with Gasteiger partial charge in [0.25, 0.3) is 0 Å². The molecule has 1 atom stereocenters. The van der Waals surface area contributed by atoms with Crippen LogP contribution in [0, 0.1) is 0 Å². The molecule has 1 aromatic heterocycles. The monoisotopic (exact) mass is 214 g/mol. The van der Waals surface area contributed by atoms with Gasteiger partial charge in [-0.15, -0.1) is 0 Å². The van der Waals surface area contributed by atoms with Crippen LogP contribution in [0.5, 0.6) is 5.75 Å². The highest BCUT2D eigenvalue weighted by Gasteiger charge is 2.21. The summed E-state index contributed by atoms with van der Waals surface area (Å²) in [6.07, 6.45) is 0.892. The van der Waals surface area contributed by atoms with Gasteiger partial charge in [0, 0.05) is 13.2 Å². The van der Waals surface area contributed by atoms with Crippen LogP contribution in [0.25, 0.3) is 0 Å². The van der Waals surface area contributed by atoms with Gasteiger partial charge < -0.3 is 14.6 Å². The number of hydrogen-bond acceptors (Lipinski definition) is 4. The highest BCUT2D eigenvalue weighted by Crippen LogP contribution is 2.27. The molecule has 0 aromatic carbocycles. The van der Waals surface area contributed by atoms with Crippen molar-refractivity contribution in [3.05, 3.63) is 11.9 Å². The molecule has 1 rings (SSSR count). The van der Waals surface area contributed by atoms with Crippen LogP contribution in [0.4, 0.5) is 0 Å². The molecule has 0 radical (unpaired) electrons. The molecule has 0 bridgehead atoms. The van der Waals surface area contributed by atoms with E-state index in [9.17, 15) is 5.11 Å². The summed E-state index contributed by atoms with van der Waals surface area (Å²) in [5, 5.41) is 14.1. The molecular formula is C10H18N2O3. The van der Waals surface area contributed by atoms with Crippen molar-refractivity contribution in [3.8, 4) is 5.75 Å². The van der Waals surface area contributed by atoms with Crippen molar-refractivity contribution in [2.24, 2.45) is 0 Å². The van der Waals surface area contributed by atoms with Crippen molar-refractivity contribution < 1.29 is 14.6 Å². The fourth-order valence-corrected chi connectivity index (χ4v) is 1.48. The molecule has 1 heterocycles. The Morgan fingerprint density at radius 2 is 2.13 bits per heavy atom. The van der Waals surface area contributed by atoms with E-state index in [1.54, 1.807) is 25.1 Å². The van der Waals surface area contributed by atoms with E-state index < -0.39 is 6.10 Å². The molecule has 0 saturated heterocycles. The Morgan fingerprint density at radius 3 is 2.60 bits per heavy atom. The zero-order chi connectivity index (χ0) is 11.4. The minimum atomic E-state index is -0.713. The maximum Gasteiger partial charge on any atom is 0.162 e. The minimum Gasteiger partial charge on any atom is -0.493 e. The highest BCUT2D eigenvalue weighted by atomic mass is 16.5. The van der Waals surface area contributed by atoms with Gasteiger partial charge in [-0.1, -0.05) is 0 Å². The molecule has 0 fully saturated rings. The lowest BCUT2D eigenvalue weighted by molar-refractivity contribution is 0.0561. The molecule has 5 heteroatoms. The second-order valence-corrected chi connectivity index (χ2v) is 3.61. The fourth-order valence-electron chi connectivity index (χ4n) is 1.48. The summed E-state index contributed by atoms with van der Waals surface area (Å²) in [6, 6.07) is 0.176. The smallest absolute Gasteiger partial charge is 0.162 e. The van der Waals surface area contributed by atoms with Gasteiger partial charge in [0.1, 0.15) is 11.8 Å². The molecule has 0 aliphatic carbocycles. The Bertz CT molecular complexity index is 310. The number of ether oxygens (including phenoxy) is 2. The average Bonchev–Trinajstić information content (AvgIpc) is 2.61. The van der Waals surface area contributed by atoms with Gasteiger partial charge in [-0.2, -0.15) is 5.10 Å². The molecule has 15 heavy (non-hydrogen) atoms. The van der Waals surface area contributed by atoms with Crippen LogP contribution in [0.3, 0.4) is 0 Å². The van der Waals surface area contributed by atoms with E-state index in [0.29, 0.717) is 11.4 Å². The Labute approximate surface area is 89.6 Å². The number of aliphatic hydroxyl groups excluding tert-OH is 1. The zero-order valence-electron chi connectivity index (χ0n) is 9.60. The van der Waals surface area contributed by atoms with E-state index >= 15 is 0 Å². The van der Waals surface area contributed by atoms with Gasteiger partial charge in [-0.05, 0) is 13.8 Å². The predicted octanol–water partition coefficient (Wildman–Crippen LogP) is 1.15. The zero-order valence-corrected chi connectivity index (χ0v) is 9.60. The molecule has 0 aliphatic heterocycles. The summed E-state index contributed by atoms with van der Waals surface area (Å²) in [4.78, 5) is 0. The predicted molar refractivity (Wildman–Crippen MR) is 56.0 cm³/mol. The van der Waals surface area contributed by atoms with Crippen LogP contribution >= 0.6 is 0 Å². The van der Waals surface area contributed by atoms with Crippen LogP contribution in [0.2, 0.25) is 0 Å². The van der Waals surface area contributed by atoms with Crippen molar-refractivity contribution in [1.82, 2.24) is 9.78 Å². The van der Waals surface area contributed by atoms with Crippen molar-refractivity contribution in [2.75, 3.05) is 20.8 Å². The molecule has 5 nitrogen and oxygen atoms in total. The van der Waals surface area contributed by atoms with Crippen LogP contribution in [0.15, 0.2) is 6.20 Å². The minimum absolute atomic E-state index is 0.176. The first-order valence-electron chi connectivity index (χ1n) is 4.90. The highest BCUT2D eigenvalue weighted by molar-refractivity contribution is 5.27. The van der Waals surface area contributed by atoms with Gasteiger partial charge in [0.05, 0.1) is 19.9 Å². The van der Waals surface area contributed by atoms with Gasteiger partial charge in [0.15, 0.2) is 5.75 Å². The van der Waals surface area contributed by atoms with Gasteiger partial charge >= 0.3 is 0 Å². The summed E-state index contributed by atoms with van der Waals surface area (Å²) in [5.74, 6) is 0.591. The Kier molecular flexibility index (Phi) is 4.11. The molecule has 0 saturated carbocycles. The third kappa shape index (κ3) is 2.49. The second kappa shape index (κ2) is 5.14. The van der Waals surface area contributed by atoms with E-state index in [0.717, 1.165) is 0 Å². The summed E-state index contributed by atoms with van der Waals surface area (Å²) in [7, 11) is 3.11. The first-order chi connectivity index (χ1) is 7.11. The standard InChI is InChI=1S/C10H18N2O3/c1-7(2)12-10(8(13)6-14-3)9(15-4)5-11-12/h5,7-8,13H,6H2,1-4H3. The van der Waals surface area contributed by atoms with Gasteiger partial charge in [-0.25, -0.2) is 0 Å². The first-order valence-corrected chi connectivity index (χ1v) is 4.90. The van der Waals surface area contributed by atoms with E-state index in [1.165, 1.54) is 0 Å². The third-order valence-electron chi connectivity index (χ3n) is 2.15. The van der Waals surface area contributed by atoms with Gasteiger partial charge in [-0.3, -0.25) is 4.68 Å². The SMILES string of the molecule is COCC(O)c1c(OC)cnn1C(C)C. The van der Waals surface area contributed by atoms with Crippen LogP contribution < -0.4 is 4.74 Å². The number of aliphatic hydroxyl groups is 1. The number of methoxy groups -OCH3 is 2. The quantitative estimate of drug-likeness (QED) is 0.799. The van der Waals surface area contributed by atoms with E-state index in [4.69, 9.17) is 9.47 Å². The normalized spacial score (nSPS) is 13.2. The summed E-state index contributed by atoms with van der Waals surface area (Å²) < 4.78 is 11.8. The van der Waals surface area contributed by atoms with E-state index in [2.05, 4.69) is 5.10 Å². The lowest BCUT2D eigenvalue weighted by Crippen LogP contribution is -2.15. The molecule has 1 unspecified atom stereocenters. The Balaban J connectivity index is 3.04. The topological polar surface area (TPSA) is 56.5 Å². The largest absolute Gasteiger partial charge is 0.493 e. The molecule has 1 N–H and O–H groups in total. The Morgan fingerprint density at radius 1 is 1.47 bits per heavy atom. The number of rotatable bonds is 5. The maximum absolute atomic E-state index is 9.89. The fraction of sp³-hybridized carbons (Fsp3) is 0.700. The molecule has 1 aromatic rings. The van der Waals surface area contributed by atoms with Crippen LogP contribution in [0.1, 0.15) is 31.7 Å². The molecule has 0 spiro atoms. The molecule has 0 aliphatic rings. The third-order valence-corrected chi connectivity index (χ3v) is 2.15. The van der Waals surface area contributed by atoms with Gasteiger partial charge in [0.2, 0.25) is 0 Å². The van der Waals surface area contributed by atoms with E-state index in [1.807, 2.05) is 13.8 Å². The molecule has 86 valence electrons. The van der Waals surface area contributed by atoms with Crippen molar-refractivity contribution in [1.29, 1.82) is 0 Å². The average molecular weight is 214 g/mol. The van der Waals surface area contributed by atoms with Crippen molar-refractivity contribution in [3.63, 3.8) is 0 Å². The van der Waals surface area contributed by atoms with Crippen LogP contribution in [-0.4, -0.2) is 35.7 Å². The summed E-state index contributed by atoms with van der Waals surface area (Å²) in [5.41, 5.74) is 0.661. The summed E-state index contributed by atoms with van der Waals surface area (Å²) >= 11 is 0. The van der Waals surface area contributed by atoms with Crippen LogP contribution in [-0.2, 0) is 4.74 Å². The Hall–Kier alpha value is -1.07. The number of hydrogen-bond donors (Lipinski definition) is 1. The van der Waals surface area contributed by atoms with Crippen molar-refractivity contribution >= 4 is 0 Å². The van der Waals surface area contributed by atoms with E-state index in [-0.39, 0.29) is 12.6 Å². The number of nitrogens with zero attached hydrogens (tertiary/aromatic N) is 2. The first kappa shape index (κ1) is 12.0. The lowest BCUT2D eigenvalue weighted by Gasteiger charge is -2.16.